The van der Waals surface area contributed by atoms with Crippen LogP contribution in [0.2, 0.25) is 0 Å². The Morgan fingerprint density at radius 2 is 1.76 bits per heavy atom. The molecule has 3 N–H and O–H groups in total. The van der Waals surface area contributed by atoms with Gasteiger partial charge in [0.15, 0.2) is 5.13 Å². The molecule has 1 unspecified atom stereocenters. The third kappa shape index (κ3) is 7.33. The minimum atomic E-state index is -0.443. The predicted octanol–water partition coefficient (Wildman–Crippen LogP) is 2.03. The Labute approximate surface area is 186 Å². The van der Waals surface area contributed by atoms with Crippen molar-refractivity contribution in [3.8, 4) is 0 Å². The van der Waals surface area contributed by atoms with Crippen LogP contribution < -0.4 is 5.73 Å². The van der Waals surface area contributed by atoms with Gasteiger partial charge in [-0.3, -0.25) is 9.80 Å². The fourth-order valence-electron chi connectivity index (χ4n) is 3.49. The Hall–Kier alpha value is 0.710. The van der Waals surface area contributed by atoms with Crippen LogP contribution >= 0.6 is 62.3 Å². The average molecular weight is 568 g/mol. The van der Waals surface area contributed by atoms with E-state index in [0.29, 0.717) is 11.6 Å². The van der Waals surface area contributed by atoms with Gasteiger partial charge in [-0.15, -0.1) is 62.3 Å². The van der Waals surface area contributed by atoms with Crippen LogP contribution in [0.4, 0.5) is 5.13 Å². The van der Waals surface area contributed by atoms with Gasteiger partial charge in [-0.05, 0) is 33.0 Å². The van der Waals surface area contributed by atoms with Gasteiger partial charge in [-0.1, -0.05) is 0 Å². The number of piperidine rings is 1. The lowest BCUT2D eigenvalue weighted by molar-refractivity contribution is -0.0366. The minimum absolute atomic E-state index is 0. The number of aliphatic hydroxyl groups excluding tert-OH is 1. The SMILES string of the molecule is Br.Br.Br.CN1CCC(N2CCN(C(O)Cc3csc(N)n3)CC2)CC1. The summed E-state index contributed by atoms with van der Waals surface area (Å²) in [6, 6.07) is 0.730. The molecule has 25 heavy (non-hydrogen) atoms. The van der Waals surface area contributed by atoms with Crippen LogP contribution in [0.1, 0.15) is 18.5 Å². The van der Waals surface area contributed by atoms with Gasteiger partial charge in [0.25, 0.3) is 0 Å². The number of anilines is 1. The fourth-order valence-corrected chi connectivity index (χ4v) is 4.07. The van der Waals surface area contributed by atoms with Crippen molar-refractivity contribution in [2.75, 3.05) is 52.0 Å². The second-order valence-electron chi connectivity index (χ2n) is 6.47. The summed E-state index contributed by atoms with van der Waals surface area (Å²) in [7, 11) is 2.20. The number of thiazole rings is 1. The van der Waals surface area contributed by atoms with E-state index in [1.165, 1.54) is 37.3 Å². The Kier molecular flexibility index (Phi) is 12.6. The van der Waals surface area contributed by atoms with E-state index in [2.05, 4.69) is 26.7 Å². The molecule has 0 spiro atoms. The van der Waals surface area contributed by atoms with Crippen LogP contribution in [0.25, 0.3) is 0 Å². The summed E-state index contributed by atoms with van der Waals surface area (Å²) in [6.45, 7) is 6.41. The summed E-state index contributed by atoms with van der Waals surface area (Å²) >= 11 is 1.44. The van der Waals surface area contributed by atoms with E-state index < -0.39 is 6.23 Å². The first kappa shape index (κ1) is 25.7. The van der Waals surface area contributed by atoms with E-state index in [-0.39, 0.29) is 50.9 Å². The number of aromatic nitrogens is 1. The Morgan fingerprint density at radius 3 is 2.28 bits per heavy atom. The molecule has 0 aromatic carbocycles. The molecule has 3 heterocycles. The van der Waals surface area contributed by atoms with Gasteiger partial charge in [0.05, 0.1) is 5.69 Å². The molecule has 3 rings (SSSR count). The summed E-state index contributed by atoms with van der Waals surface area (Å²) in [5, 5.41) is 12.9. The highest BCUT2D eigenvalue weighted by atomic mass is 79.9. The normalized spacial score (nSPS) is 21.7. The first-order valence-corrected chi connectivity index (χ1v) is 9.04. The van der Waals surface area contributed by atoms with E-state index in [1.54, 1.807) is 0 Å². The largest absolute Gasteiger partial charge is 0.378 e. The Bertz CT molecular complexity index is 479. The lowest BCUT2D eigenvalue weighted by atomic mass is 10.0. The first-order valence-electron chi connectivity index (χ1n) is 8.16. The Balaban J connectivity index is 0.00000192. The van der Waals surface area contributed by atoms with E-state index >= 15 is 0 Å². The van der Waals surface area contributed by atoms with Crippen molar-refractivity contribution in [2.45, 2.75) is 31.5 Å². The zero-order valence-electron chi connectivity index (χ0n) is 14.5. The molecule has 1 aromatic heterocycles. The summed E-state index contributed by atoms with van der Waals surface area (Å²) < 4.78 is 0. The van der Waals surface area contributed by atoms with Crippen molar-refractivity contribution in [3.05, 3.63) is 11.1 Å². The summed E-state index contributed by atoms with van der Waals surface area (Å²) in [5.74, 6) is 0. The number of hydrogen-bond acceptors (Lipinski definition) is 7. The maximum absolute atomic E-state index is 10.4. The number of hydrogen-bond donors (Lipinski definition) is 2. The fraction of sp³-hybridized carbons (Fsp3) is 0.800. The molecule has 0 saturated carbocycles. The van der Waals surface area contributed by atoms with Gasteiger partial charge >= 0.3 is 0 Å². The molecule has 0 aliphatic carbocycles. The molecule has 0 bridgehead atoms. The van der Waals surface area contributed by atoms with Crippen LogP contribution in [-0.2, 0) is 6.42 Å². The van der Waals surface area contributed by atoms with E-state index in [9.17, 15) is 5.11 Å². The smallest absolute Gasteiger partial charge is 0.180 e. The molecule has 1 atom stereocenters. The number of likely N-dealkylation sites (tertiary alicyclic amines) is 1. The summed E-state index contributed by atoms with van der Waals surface area (Å²) in [5.41, 5.74) is 6.54. The van der Waals surface area contributed by atoms with Crippen LogP contribution in [0.3, 0.4) is 0 Å². The number of aliphatic hydroxyl groups is 1. The molecular weight excluding hydrogens is 538 g/mol. The van der Waals surface area contributed by atoms with E-state index in [0.717, 1.165) is 37.9 Å². The third-order valence-corrected chi connectivity index (χ3v) is 5.66. The maximum atomic E-state index is 10.4. The predicted molar refractivity (Wildman–Crippen MR) is 121 cm³/mol. The molecule has 10 heteroatoms. The van der Waals surface area contributed by atoms with E-state index in [4.69, 9.17) is 5.73 Å². The molecule has 2 aliphatic heterocycles. The molecule has 0 amide bonds. The highest BCUT2D eigenvalue weighted by molar-refractivity contribution is 8.93. The van der Waals surface area contributed by atoms with Crippen LogP contribution in [-0.4, -0.2) is 83.4 Å². The van der Waals surface area contributed by atoms with Crippen molar-refractivity contribution in [3.63, 3.8) is 0 Å². The number of rotatable bonds is 4. The molecule has 148 valence electrons. The molecule has 1 aromatic rings. The van der Waals surface area contributed by atoms with Gasteiger partial charge in [0, 0.05) is 44.0 Å². The number of nitrogens with zero attached hydrogens (tertiary/aromatic N) is 4. The first-order chi connectivity index (χ1) is 10.6. The lowest BCUT2D eigenvalue weighted by Gasteiger charge is -2.43. The van der Waals surface area contributed by atoms with Gasteiger partial charge in [-0.2, -0.15) is 0 Å². The van der Waals surface area contributed by atoms with Crippen molar-refractivity contribution in [1.82, 2.24) is 19.7 Å². The molecule has 2 fully saturated rings. The number of nitrogen functional groups attached to an aromatic ring is 1. The topological polar surface area (TPSA) is 68.9 Å². The summed E-state index contributed by atoms with van der Waals surface area (Å²) in [4.78, 5) is 11.4. The van der Waals surface area contributed by atoms with Crippen LogP contribution in [0, 0.1) is 0 Å². The molecule has 6 nitrogen and oxygen atoms in total. The quantitative estimate of drug-likeness (QED) is 0.580. The maximum Gasteiger partial charge on any atom is 0.180 e. The average Bonchev–Trinajstić information content (AvgIpc) is 2.93. The molecule has 2 saturated heterocycles. The van der Waals surface area contributed by atoms with Crippen LogP contribution in [0.5, 0.6) is 0 Å². The minimum Gasteiger partial charge on any atom is -0.378 e. The highest BCUT2D eigenvalue weighted by Crippen LogP contribution is 2.19. The molecule has 0 radical (unpaired) electrons. The second kappa shape index (κ2) is 12.2. The van der Waals surface area contributed by atoms with Gasteiger partial charge < -0.3 is 15.7 Å². The Morgan fingerprint density at radius 1 is 1.16 bits per heavy atom. The van der Waals surface area contributed by atoms with Crippen molar-refractivity contribution >= 4 is 67.4 Å². The highest BCUT2D eigenvalue weighted by Gasteiger charge is 2.28. The van der Waals surface area contributed by atoms with Gasteiger partial charge in [0.1, 0.15) is 6.23 Å². The molecule has 2 aliphatic rings. The van der Waals surface area contributed by atoms with Crippen molar-refractivity contribution in [1.29, 1.82) is 0 Å². The summed E-state index contributed by atoms with van der Waals surface area (Å²) in [6.07, 6.45) is 2.68. The lowest BCUT2D eigenvalue weighted by Crippen LogP contribution is -2.55. The van der Waals surface area contributed by atoms with E-state index in [1.807, 2.05) is 5.38 Å². The number of piperazine rings is 1. The molecular formula is C15H30Br3N5OS. The van der Waals surface area contributed by atoms with Crippen LogP contribution in [0.15, 0.2) is 5.38 Å². The zero-order chi connectivity index (χ0) is 15.5. The monoisotopic (exact) mass is 565 g/mol. The van der Waals surface area contributed by atoms with Gasteiger partial charge in [0.2, 0.25) is 0 Å². The van der Waals surface area contributed by atoms with Crippen molar-refractivity contribution in [2.24, 2.45) is 0 Å². The van der Waals surface area contributed by atoms with Crippen molar-refractivity contribution < 1.29 is 5.11 Å². The second-order valence-corrected chi connectivity index (χ2v) is 7.36. The third-order valence-electron chi connectivity index (χ3n) is 4.94. The zero-order valence-corrected chi connectivity index (χ0v) is 20.5. The number of nitrogens with two attached hydrogens (primary N) is 1. The number of halogens is 3. The van der Waals surface area contributed by atoms with Gasteiger partial charge in [-0.25, -0.2) is 4.98 Å². The standard InChI is InChI=1S/C15H27N5OS.3BrH/c1-18-4-2-13(3-5-18)19-6-8-20(9-7-19)14(21)10-12-11-22-15(16)17-12;;;/h11,13-14,21H,2-10H2,1H3,(H2,16,17);3*1H.